The molecule has 3 aromatic carbocycles. The second-order valence-electron chi connectivity index (χ2n) is 12.9. The molecule has 50 heavy (non-hydrogen) atoms. The summed E-state index contributed by atoms with van der Waals surface area (Å²) in [5.74, 6) is 0.293. The van der Waals surface area contributed by atoms with E-state index in [0.29, 0.717) is 37.7 Å². The Kier molecular flexibility index (Phi) is 11.8. The largest absolute Gasteiger partial charge is 0.467 e. The predicted octanol–water partition coefficient (Wildman–Crippen LogP) is 5.35. The summed E-state index contributed by atoms with van der Waals surface area (Å²) in [5, 5.41) is 18.9. The van der Waals surface area contributed by atoms with Gasteiger partial charge in [0.25, 0.3) is 0 Å². The number of benzene rings is 3. The Bertz CT molecular complexity index is 1780. The minimum atomic E-state index is -0.802. The molecule has 0 saturated carbocycles. The van der Waals surface area contributed by atoms with Crippen molar-refractivity contribution < 1.29 is 19.1 Å². The van der Waals surface area contributed by atoms with Crippen molar-refractivity contribution in [1.29, 1.82) is 5.26 Å². The zero-order valence-electron chi connectivity index (χ0n) is 28.8. The van der Waals surface area contributed by atoms with Crippen molar-refractivity contribution in [3.8, 4) is 6.07 Å². The van der Waals surface area contributed by atoms with Crippen LogP contribution in [0.5, 0.6) is 0 Å². The Hall–Kier alpha value is -5.74. The molecule has 1 saturated heterocycles. The van der Waals surface area contributed by atoms with Gasteiger partial charge in [-0.3, -0.25) is 4.90 Å². The molecule has 1 aliphatic rings. The van der Waals surface area contributed by atoms with Crippen LogP contribution in [0.4, 0.5) is 28.3 Å². The van der Waals surface area contributed by atoms with Gasteiger partial charge in [-0.15, -0.1) is 0 Å². The molecule has 1 aromatic heterocycles. The summed E-state index contributed by atoms with van der Waals surface area (Å²) in [6, 6.07) is 26.2. The zero-order valence-corrected chi connectivity index (χ0v) is 28.8. The fourth-order valence-corrected chi connectivity index (χ4v) is 5.34. The van der Waals surface area contributed by atoms with Crippen LogP contribution >= 0.6 is 0 Å². The molecule has 13 heteroatoms. The molecular weight excluding hydrogens is 634 g/mol. The molecule has 0 unspecified atom stereocenters. The minimum Gasteiger partial charge on any atom is -0.467 e. The summed E-state index contributed by atoms with van der Waals surface area (Å²) in [5.41, 5.74) is 3.76. The standard InChI is InChI=1S/C37H43N9O4/c1-37(2,3)50-36(48)46-19-17-45(18-20-46)25-29-11-8-12-30(21-29)40-34-42-33(39-24-28-9-6-5-7-10-28)43-35(44-34)41-31(32(47)49-4)22-26-13-15-27(23-38)16-14-26/h5-16,21,31H,17-20,22,24-25H2,1-4H3,(H3,39,40,41,42,43,44)/t31-/m0/s1. The lowest BCUT2D eigenvalue weighted by atomic mass is 10.0. The number of esters is 1. The molecule has 4 aromatic rings. The number of nitrogens with one attached hydrogen (secondary N) is 3. The molecule has 260 valence electrons. The molecule has 1 atom stereocenters. The van der Waals surface area contributed by atoms with Crippen molar-refractivity contribution in [3.05, 3.63) is 101 Å². The lowest BCUT2D eigenvalue weighted by Gasteiger charge is -2.35. The van der Waals surface area contributed by atoms with E-state index in [9.17, 15) is 9.59 Å². The number of rotatable bonds is 12. The number of nitriles is 1. The molecule has 0 bridgehead atoms. The van der Waals surface area contributed by atoms with Crippen molar-refractivity contribution in [3.63, 3.8) is 0 Å². The van der Waals surface area contributed by atoms with Gasteiger partial charge >= 0.3 is 12.1 Å². The third kappa shape index (κ3) is 10.6. The average molecular weight is 678 g/mol. The SMILES string of the molecule is COC(=O)[C@H](Cc1ccc(C#N)cc1)Nc1nc(NCc2ccccc2)nc(Nc2cccc(CN3CCN(C(=O)OC(C)(C)C)CC3)c2)n1. The highest BCUT2D eigenvalue weighted by atomic mass is 16.6. The summed E-state index contributed by atoms with van der Waals surface area (Å²) in [6.45, 7) is 9.48. The van der Waals surface area contributed by atoms with E-state index in [2.05, 4.69) is 47.9 Å². The second kappa shape index (κ2) is 16.6. The zero-order chi connectivity index (χ0) is 35.5. The molecule has 2 heterocycles. The Morgan fingerprint density at radius 2 is 1.54 bits per heavy atom. The second-order valence-corrected chi connectivity index (χ2v) is 12.9. The van der Waals surface area contributed by atoms with Crippen LogP contribution in [0.15, 0.2) is 78.9 Å². The first-order valence-electron chi connectivity index (χ1n) is 16.5. The summed E-state index contributed by atoms with van der Waals surface area (Å²) in [6.07, 6.45) is 0.00702. The Morgan fingerprint density at radius 1 is 0.860 bits per heavy atom. The molecule has 3 N–H and O–H groups in total. The smallest absolute Gasteiger partial charge is 0.410 e. The maximum absolute atomic E-state index is 12.9. The third-order valence-corrected chi connectivity index (χ3v) is 7.85. The lowest BCUT2D eigenvalue weighted by molar-refractivity contribution is -0.141. The van der Waals surface area contributed by atoms with Gasteiger partial charge in [0.2, 0.25) is 17.8 Å². The molecule has 5 rings (SSSR count). The van der Waals surface area contributed by atoms with E-state index < -0.39 is 17.6 Å². The van der Waals surface area contributed by atoms with Crippen molar-refractivity contribution in [2.75, 3.05) is 49.2 Å². The van der Waals surface area contributed by atoms with Crippen molar-refractivity contribution in [1.82, 2.24) is 24.8 Å². The minimum absolute atomic E-state index is 0.182. The number of carbonyl (C=O) groups is 2. The van der Waals surface area contributed by atoms with Crippen LogP contribution in [0.3, 0.4) is 0 Å². The maximum atomic E-state index is 12.9. The molecule has 1 fully saturated rings. The number of methoxy groups -OCH3 is 1. The van der Waals surface area contributed by atoms with Gasteiger partial charge in [-0.05, 0) is 61.7 Å². The number of ether oxygens (including phenoxy) is 2. The van der Waals surface area contributed by atoms with Crippen LogP contribution in [0, 0.1) is 11.3 Å². The van der Waals surface area contributed by atoms with E-state index in [1.807, 2.05) is 69.3 Å². The van der Waals surface area contributed by atoms with E-state index in [-0.39, 0.29) is 24.4 Å². The predicted molar refractivity (Wildman–Crippen MR) is 191 cm³/mol. The highest BCUT2D eigenvalue weighted by Crippen LogP contribution is 2.21. The number of piperazine rings is 1. The van der Waals surface area contributed by atoms with Gasteiger partial charge in [0, 0.05) is 51.4 Å². The number of hydrogen-bond acceptors (Lipinski definition) is 12. The first-order valence-corrected chi connectivity index (χ1v) is 16.5. The average Bonchev–Trinajstić information content (AvgIpc) is 3.10. The lowest BCUT2D eigenvalue weighted by Crippen LogP contribution is -2.49. The topological polar surface area (TPSA) is 158 Å². The van der Waals surface area contributed by atoms with Crippen LogP contribution in [-0.2, 0) is 33.8 Å². The molecule has 13 nitrogen and oxygen atoms in total. The summed E-state index contributed by atoms with van der Waals surface area (Å²) in [4.78, 5) is 43.2. The molecule has 0 aliphatic carbocycles. The quantitative estimate of drug-likeness (QED) is 0.166. The summed E-state index contributed by atoms with van der Waals surface area (Å²) < 4.78 is 10.6. The van der Waals surface area contributed by atoms with E-state index in [4.69, 9.17) is 14.7 Å². The van der Waals surface area contributed by atoms with Crippen molar-refractivity contribution in [2.24, 2.45) is 0 Å². The number of carbonyl (C=O) groups excluding carboxylic acids is 2. The Labute approximate surface area is 292 Å². The normalized spacial score (nSPS) is 13.9. The van der Waals surface area contributed by atoms with E-state index >= 15 is 0 Å². The molecule has 1 amide bonds. The maximum Gasteiger partial charge on any atom is 0.410 e. The van der Waals surface area contributed by atoms with Crippen LogP contribution in [-0.4, -0.2) is 81.7 Å². The number of nitrogens with zero attached hydrogens (tertiary/aromatic N) is 6. The fourth-order valence-electron chi connectivity index (χ4n) is 5.34. The van der Waals surface area contributed by atoms with Gasteiger partial charge in [-0.2, -0.15) is 20.2 Å². The molecular formula is C37H43N9O4. The van der Waals surface area contributed by atoms with E-state index in [1.54, 1.807) is 29.2 Å². The number of anilines is 4. The first kappa shape index (κ1) is 35.6. The monoisotopic (exact) mass is 677 g/mol. The Balaban J connectivity index is 1.30. The van der Waals surface area contributed by atoms with Crippen molar-refractivity contribution in [2.45, 2.75) is 51.9 Å². The highest BCUT2D eigenvalue weighted by Gasteiger charge is 2.26. The number of aromatic nitrogens is 3. The number of hydrogen-bond donors (Lipinski definition) is 3. The number of amides is 1. The third-order valence-electron chi connectivity index (χ3n) is 7.85. The van der Waals surface area contributed by atoms with Gasteiger partial charge in [0.1, 0.15) is 11.6 Å². The van der Waals surface area contributed by atoms with Crippen LogP contribution in [0.2, 0.25) is 0 Å². The van der Waals surface area contributed by atoms with Gasteiger partial charge in [0.15, 0.2) is 0 Å². The summed E-state index contributed by atoms with van der Waals surface area (Å²) >= 11 is 0. The van der Waals surface area contributed by atoms with E-state index in [1.165, 1.54) is 7.11 Å². The fraction of sp³-hybridized carbons (Fsp3) is 0.351. The summed E-state index contributed by atoms with van der Waals surface area (Å²) in [7, 11) is 1.33. The van der Waals surface area contributed by atoms with Crippen molar-refractivity contribution >= 4 is 35.6 Å². The van der Waals surface area contributed by atoms with E-state index in [0.717, 1.165) is 35.5 Å². The van der Waals surface area contributed by atoms with Gasteiger partial charge < -0.3 is 30.3 Å². The molecule has 1 aliphatic heterocycles. The first-order chi connectivity index (χ1) is 24.1. The van der Waals surface area contributed by atoms with Gasteiger partial charge in [-0.1, -0.05) is 54.6 Å². The molecule has 0 spiro atoms. The van der Waals surface area contributed by atoms with Crippen LogP contribution in [0.25, 0.3) is 0 Å². The highest BCUT2D eigenvalue weighted by molar-refractivity contribution is 5.79. The van der Waals surface area contributed by atoms with Gasteiger partial charge in [0.05, 0.1) is 18.7 Å². The van der Waals surface area contributed by atoms with Crippen LogP contribution < -0.4 is 16.0 Å². The van der Waals surface area contributed by atoms with Crippen LogP contribution in [0.1, 0.15) is 43.0 Å². The molecule has 0 radical (unpaired) electrons. The van der Waals surface area contributed by atoms with Gasteiger partial charge in [-0.25, -0.2) is 9.59 Å². The Morgan fingerprint density at radius 3 is 2.22 bits per heavy atom.